The Kier molecular flexibility index (Phi) is 7.98. The summed E-state index contributed by atoms with van der Waals surface area (Å²) in [6.07, 6.45) is 1.03. The summed E-state index contributed by atoms with van der Waals surface area (Å²) in [5.41, 5.74) is 0.420. The molecule has 1 saturated heterocycles. The van der Waals surface area contributed by atoms with Crippen molar-refractivity contribution < 1.29 is 14.0 Å². The molecule has 7 heteroatoms. The lowest BCUT2D eigenvalue weighted by atomic mass is 10.2. The number of halogens is 2. The van der Waals surface area contributed by atoms with Gasteiger partial charge in [-0.1, -0.05) is 0 Å². The Morgan fingerprint density at radius 3 is 2.70 bits per heavy atom. The zero-order valence-corrected chi connectivity index (χ0v) is 14.0. The van der Waals surface area contributed by atoms with Crippen LogP contribution in [0.1, 0.15) is 30.1 Å². The standard InChI is InChI=1S/C16H22FN3O2.ClH/c1-12-11-20(10-9-18-12)15(21)3-2-8-19-16(22)13-4-6-14(17)7-5-13;/h4-7,12,18H,2-3,8-11H2,1H3,(H,19,22);1H. The van der Waals surface area contributed by atoms with Crippen LogP contribution in [0, 0.1) is 5.82 Å². The highest BCUT2D eigenvalue weighted by molar-refractivity contribution is 5.94. The summed E-state index contributed by atoms with van der Waals surface area (Å²) in [4.78, 5) is 25.7. The Bertz CT molecular complexity index is 525. The molecule has 23 heavy (non-hydrogen) atoms. The summed E-state index contributed by atoms with van der Waals surface area (Å²) >= 11 is 0. The van der Waals surface area contributed by atoms with Gasteiger partial charge in [0.05, 0.1) is 0 Å². The van der Waals surface area contributed by atoms with Gasteiger partial charge in [-0.3, -0.25) is 9.59 Å². The smallest absolute Gasteiger partial charge is 0.251 e. The lowest BCUT2D eigenvalue weighted by Crippen LogP contribution is -2.51. The van der Waals surface area contributed by atoms with Crippen LogP contribution >= 0.6 is 12.4 Å². The molecule has 0 bridgehead atoms. The first-order valence-electron chi connectivity index (χ1n) is 7.61. The van der Waals surface area contributed by atoms with E-state index in [-0.39, 0.29) is 30.0 Å². The van der Waals surface area contributed by atoms with Crippen molar-refractivity contribution in [3.63, 3.8) is 0 Å². The molecule has 1 heterocycles. The van der Waals surface area contributed by atoms with E-state index in [1.165, 1.54) is 24.3 Å². The van der Waals surface area contributed by atoms with Crippen molar-refractivity contribution in [3.05, 3.63) is 35.6 Å². The first-order valence-corrected chi connectivity index (χ1v) is 7.61. The third kappa shape index (κ3) is 6.15. The van der Waals surface area contributed by atoms with Gasteiger partial charge in [-0.15, -0.1) is 12.4 Å². The van der Waals surface area contributed by atoms with Crippen molar-refractivity contribution in [3.8, 4) is 0 Å². The third-order valence-electron chi connectivity index (χ3n) is 3.68. The number of piperazine rings is 1. The number of hydrogen-bond donors (Lipinski definition) is 2. The largest absolute Gasteiger partial charge is 0.352 e. The second kappa shape index (κ2) is 9.47. The van der Waals surface area contributed by atoms with Crippen LogP contribution in [0.3, 0.4) is 0 Å². The Labute approximate surface area is 142 Å². The highest BCUT2D eigenvalue weighted by atomic mass is 35.5. The minimum absolute atomic E-state index is 0. The summed E-state index contributed by atoms with van der Waals surface area (Å²) in [5, 5.41) is 6.03. The number of carbonyl (C=O) groups is 2. The lowest BCUT2D eigenvalue weighted by molar-refractivity contribution is -0.132. The molecule has 2 amide bonds. The molecule has 0 saturated carbocycles. The van der Waals surface area contributed by atoms with Crippen molar-refractivity contribution >= 4 is 24.2 Å². The summed E-state index contributed by atoms with van der Waals surface area (Å²) < 4.78 is 12.8. The Morgan fingerprint density at radius 2 is 2.04 bits per heavy atom. The van der Waals surface area contributed by atoms with Crippen molar-refractivity contribution in [2.45, 2.75) is 25.8 Å². The zero-order chi connectivity index (χ0) is 15.9. The van der Waals surface area contributed by atoms with Gasteiger partial charge in [0.1, 0.15) is 5.82 Å². The van der Waals surface area contributed by atoms with Gasteiger partial charge in [-0.25, -0.2) is 4.39 Å². The highest BCUT2D eigenvalue weighted by Crippen LogP contribution is 2.04. The normalized spacial score (nSPS) is 17.3. The average Bonchev–Trinajstić information content (AvgIpc) is 2.51. The monoisotopic (exact) mass is 343 g/mol. The Morgan fingerprint density at radius 1 is 1.35 bits per heavy atom. The molecule has 1 atom stereocenters. The lowest BCUT2D eigenvalue weighted by Gasteiger charge is -2.32. The average molecular weight is 344 g/mol. The maximum absolute atomic E-state index is 12.8. The van der Waals surface area contributed by atoms with Crippen LogP contribution in [0.2, 0.25) is 0 Å². The van der Waals surface area contributed by atoms with Gasteiger partial charge in [0, 0.05) is 44.2 Å². The second-order valence-corrected chi connectivity index (χ2v) is 5.56. The number of carbonyl (C=O) groups excluding carboxylic acids is 2. The molecule has 1 fully saturated rings. The number of amides is 2. The fourth-order valence-corrected chi connectivity index (χ4v) is 2.46. The molecule has 1 aromatic rings. The molecular weight excluding hydrogens is 321 g/mol. The predicted octanol–water partition coefficient (Wildman–Crippen LogP) is 1.58. The van der Waals surface area contributed by atoms with E-state index in [0.717, 1.165) is 19.6 Å². The topological polar surface area (TPSA) is 61.4 Å². The fraction of sp³-hybridized carbons (Fsp3) is 0.500. The van der Waals surface area contributed by atoms with Gasteiger partial charge in [-0.2, -0.15) is 0 Å². The van der Waals surface area contributed by atoms with Crippen LogP contribution in [0.5, 0.6) is 0 Å². The molecule has 1 aromatic carbocycles. The number of nitrogens with zero attached hydrogens (tertiary/aromatic N) is 1. The molecule has 1 aliphatic heterocycles. The highest BCUT2D eigenvalue weighted by Gasteiger charge is 2.19. The number of nitrogens with one attached hydrogen (secondary N) is 2. The van der Waals surface area contributed by atoms with Crippen LogP contribution in [0.25, 0.3) is 0 Å². The van der Waals surface area contributed by atoms with Crippen molar-refractivity contribution in [1.82, 2.24) is 15.5 Å². The maximum Gasteiger partial charge on any atom is 0.251 e. The Balaban J connectivity index is 0.00000264. The van der Waals surface area contributed by atoms with Crippen LogP contribution in [0.15, 0.2) is 24.3 Å². The van der Waals surface area contributed by atoms with Gasteiger partial charge < -0.3 is 15.5 Å². The fourth-order valence-electron chi connectivity index (χ4n) is 2.46. The predicted molar refractivity (Wildman–Crippen MR) is 89.3 cm³/mol. The van der Waals surface area contributed by atoms with E-state index in [1.54, 1.807) is 0 Å². The van der Waals surface area contributed by atoms with E-state index in [4.69, 9.17) is 0 Å². The Hall–Kier alpha value is -1.66. The molecule has 2 rings (SSSR count). The van der Waals surface area contributed by atoms with Gasteiger partial charge >= 0.3 is 0 Å². The van der Waals surface area contributed by atoms with E-state index in [1.807, 2.05) is 4.90 Å². The quantitative estimate of drug-likeness (QED) is 0.798. The molecule has 5 nitrogen and oxygen atoms in total. The zero-order valence-electron chi connectivity index (χ0n) is 13.2. The number of benzene rings is 1. The SMILES string of the molecule is CC1CN(C(=O)CCCNC(=O)c2ccc(F)cc2)CCN1.Cl. The molecule has 0 spiro atoms. The first-order chi connectivity index (χ1) is 10.6. The van der Waals surface area contributed by atoms with Crippen LogP contribution in [-0.4, -0.2) is 48.9 Å². The van der Waals surface area contributed by atoms with Crippen LogP contribution in [0.4, 0.5) is 4.39 Å². The minimum atomic E-state index is -0.368. The van der Waals surface area contributed by atoms with Crippen molar-refractivity contribution in [1.29, 1.82) is 0 Å². The summed E-state index contributed by atoms with van der Waals surface area (Å²) in [5.74, 6) is -0.486. The van der Waals surface area contributed by atoms with Crippen LogP contribution < -0.4 is 10.6 Å². The molecule has 0 aromatic heterocycles. The molecular formula is C16H23ClFN3O2. The number of hydrogen-bond acceptors (Lipinski definition) is 3. The second-order valence-electron chi connectivity index (χ2n) is 5.56. The summed E-state index contributed by atoms with van der Waals surface area (Å²) in [6, 6.07) is 5.72. The van der Waals surface area contributed by atoms with E-state index < -0.39 is 0 Å². The van der Waals surface area contributed by atoms with Gasteiger partial charge in [-0.05, 0) is 37.6 Å². The van der Waals surface area contributed by atoms with Gasteiger partial charge in [0.15, 0.2) is 0 Å². The molecule has 2 N–H and O–H groups in total. The number of rotatable bonds is 5. The maximum atomic E-state index is 12.8. The van der Waals surface area contributed by atoms with Gasteiger partial charge in [0.2, 0.25) is 5.91 Å². The van der Waals surface area contributed by atoms with Crippen molar-refractivity contribution in [2.75, 3.05) is 26.2 Å². The van der Waals surface area contributed by atoms with E-state index in [2.05, 4.69) is 17.6 Å². The molecule has 0 radical (unpaired) electrons. The van der Waals surface area contributed by atoms with E-state index in [0.29, 0.717) is 31.0 Å². The minimum Gasteiger partial charge on any atom is -0.352 e. The molecule has 1 unspecified atom stereocenters. The van der Waals surface area contributed by atoms with E-state index >= 15 is 0 Å². The summed E-state index contributed by atoms with van der Waals surface area (Å²) in [7, 11) is 0. The van der Waals surface area contributed by atoms with Crippen LogP contribution in [-0.2, 0) is 4.79 Å². The molecule has 128 valence electrons. The van der Waals surface area contributed by atoms with Crippen molar-refractivity contribution in [2.24, 2.45) is 0 Å². The van der Waals surface area contributed by atoms with E-state index in [9.17, 15) is 14.0 Å². The third-order valence-corrected chi connectivity index (χ3v) is 3.68. The first kappa shape index (κ1) is 19.4. The van der Waals surface area contributed by atoms with Gasteiger partial charge in [0.25, 0.3) is 5.91 Å². The molecule has 1 aliphatic rings. The molecule has 0 aliphatic carbocycles. The summed E-state index contributed by atoms with van der Waals surface area (Å²) in [6.45, 7) is 4.80.